The molecule has 84 heavy (non-hydrogen) atoms. The van der Waals surface area contributed by atoms with Gasteiger partial charge in [0.05, 0.1) is 49.8 Å². The van der Waals surface area contributed by atoms with E-state index in [1.165, 1.54) is 6.08 Å². The second-order valence-corrected chi connectivity index (χ2v) is 27.2. The van der Waals surface area contributed by atoms with Crippen molar-refractivity contribution in [2.75, 3.05) is 110 Å². The summed E-state index contributed by atoms with van der Waals surface area (Å²) in [4.78, 5) is 69.7. The number of allylic oxidation sites excluding steroid dienone is 1. The van der Waals surface area contributed by atoms with Crippen LogP contribution in [-0.2, 0) is 47.7 Å². The Bertz CT molecular complexity index is 1650. The van der Waals surface area contributed by atoms with Crippen molar-refractivity contribution in [3.8, 4) is 0 Å². The van der Waals surface area contributed by atoms with Gasteiger partial charge in [-0.25, -0.2) is 4.79 Å². The van der Waals surface area contributed by atoms with E-state index < -0.39 is 24.4 Å². The predicted molar refractivity (Wildman–Crippen MR) is 340 cm³/mol. The van der Waals surface area contributed by atoms with E-state index in [9.17, 15) is 44.4 Å². The highest BCUT2D eigenvalue weighted by atomic mass is 33.1. The smallest absolute Gasteiger partial charge is 0.330 e. The van der Waals surface area contributed by atoms with E-state index in [-0.39, 0.29) is 48.5 Å². The van der Waals surface area contributed by atoms with Gasteiger partial charge in [0.1, 0.15) is 6.61 Å². The van der Waals surface area contributed by atoms with E-state index in [1.807, 2.05) is 60.3 Å². The molecule has 4 unspecified atom stereocenters. The van der Waals surface area contributed by atoms with Gasteiger partial charge < -0.3 is 44.1 Å². The van der Waals surface area contributed by atoms with Crippen molar-refractivity contribution in [3.63, 3.8) is 0 Å². The first-order valence-electron chi connectivity index (χ1n) is 32.6. The summed E-state index contributed by atoms with van der Waals surface area (Å²) in [6.45, 7) is 25.5. The first-order valence-corrected chi connectivity index (χ1v) is 35.1. The Morgan fingerprint density at radius 2 is 0.845 bits per heavy atom. The van der Waals surface area contributed by atoms with Crippen LogP contribution in [0.15, 0.2) is 12.2 Å². The Hall–Kier alpha value is -2.53. The molecular formula is C64H120N4O14S2. The lowest BCUT2D eigenvalue weighted by molar-refractivity contribution is -0.148. The van der Waals surface area contributed by atoms with Crippen molar-refractivity contribution in [1.29, 1.82) is 0 Å². The Balaban J connectivity index is 2.44. The summed E-state index contributed by atoms with van der Waals surface area (Å²) in [5.74, 6) is 1.90. The van der Waals surface area contributed by atoms with Crippen molar-refractivity contribution in [2.24, 2.45) is 11.8 Å². The quantitative estimate of drug-likeness (QED) is 0.0146. The summed E-state index contributed by atoms with van der Waals surface area (Å²) in [7, 11) is 3.81. The van der Waals surface area contributed by atoms with E-state index in [0.717, 1.165) is 121 Å². The van der Waals surface area contributed by atoms with Crippen LogP contribution < -0.4 is 0 Å². The maximum atomic E-state index is 12.8. The third-order valence-electron chi connectivity index (χ3n) is 14.4. The molecule has 1 rings (SSSR count). The van der Waals surface area contributed by atoms with Crippen molar-refractivity contribution < 1.29 is 68.1 Å². The van der Waals surface area contributed by atoms with E-state index in [2.05, 4.69) is 42.4 Å². The Morgan fingerprint density at radius 1 is 0.440 bits per heavy atom. The number of rotatable bonds is 55. The van der Waals surface area contributed by atoms with E-state index >= 15 is 0 Å². The highest BCUT2D eigenvalue weighted by Crippen LogP contribution is 2.23. The van der Waals surface area contributed by atoms with Gasteiger partial charge in [-0.3, -0.25) is 38.8 Å². The number of carbonyl (C=O) groups excluding carboxylic acids is 5. The van der Waals surface area contributed by atoms with Crippen molar-refractivity contribution in [2.45, 2.75) is 246 Å². The molecule has 492 valence electrons. The van der Waals surface area contributed by atoms with Gasteiger partial charge in [0.15, 0.2) is 0 Å². The molecule has 18 nitrogen and oxygen atoms in total. The fourth-order valence-electron chi connectivity index (χ4n) is 9.59. The van der Waals surface area contributed by atoms with Crippen molar-refractivity contribution >= 4 is 51.4 Å². The molecule has 1 saturated heterocycles. The minimum absolute atomic E-state index is 0.126. The number of nitrogens with zero attached hydrogens (tertiary/aromatic N) is 4. The molecule has 0 saturated carbocycles. The number of esters is 5. The molecule has 0 aromatic rings. The molecule has 1 heterocycles. The Labute approximate surface area is 516 Å². The van der Waals surface area contributed by atoms with Gasteiger partial charge in [-0.2, -0.15) is 0 Å². The average Bonchev–Trinajstić information content (AvgIpc) is 3.44. The molecule has 0 bridgehead atoms. The molecule has 4 atom stereocenters. The second-order valence-electron chi connectivity index (χ2n) is 24.5. The van der Waals surface area contributed by atoms with Gasteiger partial charge in [-0.15, -0.1) is 0 Å². The zero-order valence-corrected chi connectivity index (χ0v) is 55.4. The molecule has 0 aromatic carbocycles. The van der Waals surface area contributed by atoms with Crippen LogP contribution in [0.25, 0.3) is 0 Å². The fourth-order valence-corrected chi connectivity index (χ4v) is 11.8. The number of hydrogen-bond acceptors (Lipinski definition) is 20. The molecule has 1 fully saturated rings. The number of ether oxygens (including phenoxy) is 5. The highest BCUT2D eigenvalue weighted by Gasteiger charge is 2.21. The average molecular weight is 1230 g/mol. The second kappa shape index (κ2) is 52.4. The largest absolute Gasteiger partial charge is 0.466 e. The number of piperazine rings is 1. The van der Waals surface area contributed by atoms with E-state index in [4.69, 9.17) is 23.7 Å². The molecule has 0 aliphatic carbocycles. The van der Waals surface area contributed by atoms with Crippen LogP contribution >= 0.6 is 21.6 Å². The number of aliphatic hydroxyl groups is 4. The van der Waals surface area contributed by atoms with Crippen LogP contribution in [0.2, 0.25) is 0 Å². The van der Waals surface area contributed by atoms with Gasteiger partial charge in [0, 0.05) is 109 Å². The van der Waals surface area contributed by atoms with Crippen molar-refractivity contribution in [3.05, 3.63) is 12.2 Å². The van der Waals surface area contributed by atoms with Gasteiger partial charge in [-0.05, 0) is 143 Å². The minimum atomic E-state index is -0.651. The van der Waals surface area contributed by atoms with Crippen LogP contribution in [0, 0.1) is 11.8 Å². The summed E-state index contributed by atoms with van der Waals surface area (Å²) >= 11 is 0. The summed E-state index contributed by atoms with van der Waals surface area (Å²) in [6, 6.07) is 0. The summed E-state index contributed by atoms with van der Waals surface area (Å²) in [5, 5.41) is 43.9. The van der Waals surface area contributed by atoms with Gasteiger partial charge >= 0.3 is 29.8 Å². The number of aliphatic hydroxyl groups excluding tert-OH is 4. The molecule has 0 aromatic heterocycles. The third-order valence-corrected chi connectivity index (χ3v) is 16.9. The third kappa shape index (κ3) is 50.5. The minimum Gasteiger partial charge on any atom is -0.466 e. The zero-order valence-electron chi connectivity index (χ0n) is 53.7. The lowest BCUT2D eigenvalue weighted by Crippen LogP contribution is -2.47. The molecule has 4 N–H and O–H groups in total. The van der Waals surface area contributed by atoms with Crippen LogP contribution in [0.1, 0.15) is 209 Å². The summed E-state index contributed by atoms with van der Waals surface area (Å²) in [5.41, 5.74) is 0. The van der Waals surface area contributed by atoms with E-state index in [0.29, 0.717) is 148 Å². The van der Waals surface area contributed by atoms with Crippen LogP contribution in [0.3, 0.4) is 0 Å². The standard InChI is InChI=1S/C64H120N4O14S2/c1-52(2)33-43-78-60(73)28-15-11-9-13-24-56(69)48-67(49-57(70)25-14-10-12-16-29-61(74)79-44-34-53(3)4)35-21-22-46-83-84-47-42-66-39-37-65(38-40-66)41-45-80-62(75)32-23-36-68(50-58(71)26-17-19-30-63(76)81-54(5)6)51-59(72)27-18-20-31-64(77)82-55(7)8/h15,28,52-59,69-72H,9-14,16-27,29-51H2,1-8H3/b28-15+. The van der Waals surface area contributed by atoms with E-state index in [1.54, 1.807) is 0 Å². The maximum Gasteiger partial charge on any atom is 0.330 e. The maximum absolute atomic E-state index is 12.8. The van der Waals surface area contributed by atoms with Gasteiger partial charge in [0.25, 0.3) is 0 Å². The predicted octanol–water partition coefficient (Wildman–Crippen LogP) is 9.80. The number of hydrogen-bond donors (Lipinski definition) is 4. The van der Waals surface area contributed by atoms with Crippen LogP contribution in [-0.4, -0.2) is 216 Å². The zero-order chi connectivity index (χ0) is 62.2. The van der Waals surface area contributed by atoms with Gasteiger partial charge in [0.2, 0.25) is 0 Å². The molecular weight excluding hydrogens is 1110 g/mol. The Kier molecular flexibility index (Phi) is 49.6. The van der Waals surface area contributed by atoms with Gasteiger partial charge in [-0.1, -0.05) is 93.9 Å². The molecule has 1 aliphatic rings. The van der Waals surface area contributed by atoms with Crippen molar-refractivity contribution in [1.82, 2.24) is 19.6 Å². The SMILES string of the molecule is CC(C)CCOC(=O)/C=C/CCCCC(O)CN(CCCCSSCCN1CCN(CCOC(=O)CCCN(CC(O)CCCCC(=O)OC(C)C)CC(O)CCCCC(=O)OC(C)C)CC1)CC(O)CCCCCCC(=O)OCCC(C)C. The van der Waals surface area contributed by atoms with Crippen LogP contribution in [0.4, 0.5) is 0 Å². The summed E-state index contributed by atoms with van der Waals surface area (Å²) < 4.78 is 26.6. The number of unbranched alkanes of at least 4 members (excludes halogenated alkanes) is 8. The molecule has 0 spiro atoms. The van der Waals surface area contributed by atoms with Crippen LogP contribution in [0.5, 0.6) is 0 Å². The fraction of sp³-hybridized carbons (Fsp3) is 0.891. The molecule has 1 aliphatic heterocycles. The first-order chi connectivity index (χ1) is 40.2. The monoisotopic (exact) mass is 1230 g/mol. The molecule has 0 amide bonds. The normalized spacial score (nSPS) is 15.0. The lowest BCUT2D eigenvalue weighted by atomic mass is 10.1. The topological polar surface area (TPSA) is 225 Å². The number of carbonyl (C=O) groups is 5. The Morgan fingerprint density at radius 3 is 1.36 bits per heavy atom. The summed E-state index contributed by atoms with van der Waals surface area (Å²) in [6.07, 6.45) is 17.3. The molecule has 0 radical (unpaired) electrons. The molecule has 20 heteroatoms. The highest BCUT2D eigenvalue weighted by molar-refractivity contribution is 8.76. The lowest BCUT2D eigenvalue weighted by Gasteiger charge is -2.34. The first kappa shape index (κ1) is 79.5.